The number of carbonyl (C=O) groups is 1. The van der Waals surface area contributed by atoms with Crippen molar-refractivity contribution in [2.24, 2.45) is 0 Å². The van der Waals surface area contributed by atoms with E-state index in [2.05, 4.69) is 15.5 Å². The zero-order chi connectivity index (χ0) is 13.8. The molecule has 0 spiro atoms. The minimum atomic E-state index is -0.930. The van der Waals surface area contributed by atoms with E-state index in [1.807, 2.05) is 6.92 Å². The third kappa shape index (κ3) is 3.16. The zero-order valence-electron chi connectivity index (χ0n) is 10.6. The number of furan rings is 1. The van der Waals surface area contributed by atoms with E-state index < -0.39 is 12.1 Å². The number of carboxylic acid groups (broad SMARTS) is 1. The summed E-state index contributed by atoms with van der Waals surface area (Å²) in [4.78, 5) is 10.7. The van der Waals surface area contributed by atoms with Crippen molar-refractivity contribution in [3.63, 3.8) is 0 Å². The molecule has 0 fully saturated rings. The van der Waals surface area contributed by atoms with Crippen molar-refractivity contribution in [3.8, 4) is 11.4 Å². The number of ether oxygens (including phenoxy) is 1. The van der Waals surface area contributed by atoms with Crippen LogP contribution < -0.4 is 0 Å². The van der Waals surface area contributed by atoms with Gasteiger partial charge >= 0.3 is 5.97 Å². The van der Waals surface area contributed by atoms with Gasteiger partial charge in [-0.15, -0.1) is 5.10 Å². The summed E-state index contributed by atoms with van der Waals surface area (Å²) in [5.41, 5.74) is 0.743. The third-order valence-electron chi connectivity index (χ3n) is 2.63. The maximum atomic E-state index is 10.7. The standard InChI is InChI=1S/C11H14N4O4/c1-7-3-8(6-19-7)11-12-13-14-15(11)5-9(18-2)4-10(16)17/h3,6,9H,4-5H2,1-2H3,(H,16,17). The van der Waals surface area contributed by atoms with Gasteiger partial charge in [0.1, 0.15) is 12.0 Å². The van der Waals surface area contributed by atoms with Gasteiger partial charge in [-0.25, -0.2) is 4.68 Å². The van der Waals surface area contributed by atoms with Crippen LogP contribution in [0.5, 0.6) is 0 Å². The van der Waals surface area contributed by atoms with E-state index in [9.17, 15) is 4.79 Å². The van der Waals surface area contributed by atoms with Gasteiger partial charge in [-0.3, -0.25) is 4.79 Å². The van der Waals surface area contributed by atoms with E-state index in [1.54, 1.807) is 12.3 Å². The van der Waals surface area contributed by atoms with Crippen LogP contribution in [-0.2, 0) is 16.1 Å². The molecule has 19 heavy (non-hydrogen) atoms. The fourth-order valence-corrected chi connectivity index (χ4v) is 1.71. The van der Waals surface area contributed by atoms with Crippen LogP contribution in [0.25, 0.3) is 11.4 Å². The van der Waals surface area contributed by atoms with Crippen LogP contribution in [0.15, 0.2) is 16.7 Å². The summed E-state index contributed by atoms with van der Waals surface area (Å²) in [6, 6.07) is 1.81. The summed E-state index contributed by atoms with van der Waals surface area (Å²) in [5, 5.41) is 20.1. The fourth-order valence-electron chi connectivity index (χ4n) is 1.71. The molecule has 0 bridgehead atoms. The Balaban J connectivity index is 2.17. The predicted molar refractivity (Wildman–Crippen MR) is 63.3 cm³/mol. The van der Waals surface area contributed by atoms with Crippen LogP contribution in [0.3, 0.4) is 0 Å². The lowest BCUT2D eigenvalue weighted by molar-refractivity contribution is -0.140. The second-order valence-corrected chi connectivity index (χ2v) is 4.09. The SMILES string of the molecule is COC(CC(=O)O)Cn1nnnc1-c1coc(C)c1. The van der Waals surface area contributed by atoms with Gasteiger partial charge in [0.25, 0.3) is 0 Å². The van der Waals surface area contributed by atoms with Gasteiger partial charge in [0.2, 0.25) is 0 Å². The molecule has 8 heteroatoms. The highest BCUT2D eigenvalue weighted by Crippen LogP contribution is 2.19. The first-order chi connectivity index (χ1) is 9.10. The Morgan fingerprint density at radius 1 is 1.63 bits per heavy atom. The number of aryl methyl sites for hydroxylation is 1. The predicted octanol–water partition coefficient (Wildman–Crippen LogP) is 0.731. The number of methoxy groups -OCH3 is 1. The average molecular weight is 266 g/mol. The minimum Gasteiger partial charge on any atom is -0.481 e. The summed E-state index contributed by atoms with van der Waals surface area (Å²) in [6.45, 7) is 2.08. The molecule has 0 amide bonds. The number of tetrazole rings is 1. The molecular formula is C11H14N4O4. The number of nitrogens with zero attached hydrogens (tertiary/aromatic N) is 4. The Kier molecular flexibility index (Phi) is 3.91. The molecule has 0 radical (unpaired) electrons. The zero-order valence-corrected chi connectivity index (χ0v) is 10.6. The van der Waals surface area contributed by atoms with Crippen molar-refractivity contribution in [3.05, 3.63) is 18.1 Å². The topological polar surface area (TPSA) is 103 Å². The molecule has 0 aromatic carbocycles. The maximum Gasteiger partial charge on any atom is 0.306 e. The van der Waals surface area contributed by atoms with Crippen LogP contribution in [0.1, 0.15) is 12.2 Å². The molecule has 1 unspecified atom stereocenters. The van der Waals surface area contributed by atoms with E-state index in [4.69, 9.17) is 14.3 Å². The maximum absolute atomic E-state index is 10.7. The van der Waals surface area contributed by atoms with Gasteiger partial charge in [0, 0.05) is 7.11 Å². The van der Waals surface area contributed by atoms with E-state index in [-0.39, 0.29) is 13.0 Å². The van der Waals surface area contributed by atoms with Gasteiger partial charge in [0.05, 0.1) is 24.6 Å². The highest BCUT2D eigenvalue weighted by Gasteiger charge is 2.18. The normalized spacial score (nSPS) is 12.5. The third-order valence-corrected chi connectivity index (χ3v) is 2.63. The molecule has 1 N–H and O–H groups in total. The van der Waals surface area contributed by atoms with Crippen LogP contribution in [-0.4, -0.2) is 44.5 Å². The Bertz CT molecular complexity index is 563. The first-order valence-electron chi connectivity index (χ1n) is 5.66. The molecule has 8 nitrogen and oxygen atoms in total. The van der Waals surface area contributed by atoms with Gasteiger partial charge in [-0.2, -0.15) is 0 Å². The van der Waals surface area contributed by atoms with E-state index in [0.29, 0.717) is 5.82 Å². The van der Waals surface area contributed by atoms with Gasteiger partial charge < -0.3 is 14.3 Å². The number of aromatic nitrogens is 4. The van der Waals surface area contributed by atoms with E-state index >= 15 is 0 Å². The molecule has 2 aromatic rings. The molecule has 2 aromatic heterocycles. The monoisotopic (exact) mass is 266 g/mol. The van der Waals surface area contributed by atoms with Gasteiger partial charge in [0.15, 0.2) is 5.82 Å². The summed E-state index contributed by atoms with van der Waals surface area (Å²) in [6.07, 6.45) is 0.948. The van der Waals surface area contributed by atoms with Crippen LogP contribution in [0.4, 0.5) is 0 Å². The molecule has 0 aliphatic rings. The van der Waals surface area contributed by atoms with E-state index in [1.165, 1.54) is 11.8 Å². The summed E-state index contributed by atoms with van der Waals surface area (Å²) in [7, 11) is 1.46. The quantitative estimate of drug-likeness (QED) is 0.821. The molecule has 1 atom stereocenters. The molecule has 0 aliphatic carbocycles. The first kappa shape index (κ1) is 13.2. The van der Waals surface area contributed by atoms with Crippen molar-refractivity contribution in [2.45, 2.75) is 26.0 Å². The number of rotatable bonds is 6. The number of aliphatic carboxylic acids is 1. The number of hydrogen-bond donors (Lipinski definition) is 1. The lowest BCUT2D eigenvalue weighted by Crippen LogP contribution is -2.23. The molecule has 0 aliphatic heterocycles. The molecular weight excluding hydrogens is 252 g/mol. The van der Waals surface area contributed by atoms with Crippen LogP contribution >= 0.6 is 0 Å². The van der Waals surface area contributed by atoms with Gasteiger partial charge in [-0.05, 0) is 23.4 Å². The summed E-state index contributed by atoms with van der Waals surface area (Å²) < 4.78 is 11.8. The average Bonchev–Trinajstić information content (AvgIpc) is 2.96. The number of hydrogen-bond acceptors (Lipinski definition) is 6. The Labute approximate surface area is 109 Å². The molecule has 102 valence electrons. The minimum absolute atomic E-state index is 0.111. The molecule has 0 saturated carbocycles. The summed E-state index contributed by atoms with van der Waals surface area (Å²) >= 11 is 0. The second-order valence-electron chi connectivity index (χ2n) is 4.09. The van der Waals surface area contributed by atoms with Crippen molar-refractivity contribution in [1.82, 2.24) is 20.2 Å². The molecule has 0 saturated heterocycles. The van der Waals surface area contributed by atoms with Crippen molar-refractivity contribution < 1.29 is 19.1 Å². The van der Waals surface area contributed by atoms with Crippen LogP contribution in [0, 0.1) is 6.92 Å². The van der Waals surface area contributed by atoms with Gasteiger partial charge in [-0.1, -0.05) is 0 Å². The Morgan fingerprint density at radius 2 is 2.42 bits per heavy atom. The highest BCUT2D eigenvalue weighted by molar-refractivity contribution is 5.67. The lowest BCUT2D eigenvalue weighted by Gasteiger charge is -2.13. The van der Waals surface area contributed by atoms with E-state index in [0.717, 1.165) is 11.3 Å². The summed E-state index contributed by atoms with van der Waals surface area (Å²) in [5.74, 6) is 0.336. The van der Waals surface area contributed by atoms with Crippen LogP contribution in [0.2, 0.25) is 0 Å². The highest BCUT2D eigenvalue weighted by atomic mass is 16.5. The van der Waals surface area contributed by atoms with Crippen molar-refractivity contribution in [2.75, 3.05) is 7.11 Å². The Morgan fingerprint density at radius 3 is 3.00 bits per heavy atom. The molecule has 2 rings (SSSR count). The first-order valence-corrected chi connectivity index (χ1v) is 5.66. The fraction of sp³-hybridized carbons (Fsp3) is 0.455. The smallest absolute Gasteiger partial charge is 0.306 e. The lowest BCUT2D eigenvalue weighted by atomic mass is 10.2. The molecule has 2 heterocycles. The number of carboxylic acids is 1. The second kappa shape index (κ2) is 5.61. The Hall–Kier alpha value is -2.22. The van der Waals surface area contributed by atoms with Crippen molar-refractivity contribution in [1.29, 1.82) is 0 Å². The van der Waals surface area contributed by atoms with Crippen molar-refractivity contribution >= 4 is 5.97 Å². The largest absolute Gasteiger partial charge is 0.481 e.